The van der Waals surface area contributed by atoms with E-state index in [2.05, 4.69) is 47.8 Å². The summed E-state index contributed by atoms with van der Waals surface area (Å²) in [6.07, 6.45) is -0.511. The normalized spacial score (nSPS) is 12.3. The van der Waals surface area contributed by atoms with Crippen LogP contribution in [0, 0.1) is 0 Å². The highest BCUT2D eigenvalue weighted by Gasteiger charge is 2.09. The molecule has 0 spiro atoms. The Kier molecular flexibility index (Phi) is 5.06. The Morgan fingerprint density at radius 3 is 2.32 bits per heavy atom. The summed E-state index contributed by atoms with van der Waals surface area (Å²) < 4.78 is 8.48. The molecule has 100 valence electrons. The van der Waals surface area contributed by atoms with Crippen molar-refractivity contribution in [2.75, 3.05) is 0 Å². The van der Waals surface area contributed by atoms with Crippen molar-refractivity contribution in [2.24, 2.45) is 0 Å². The Bertz CT molecular complexity index is 597. The SMILES string of the molecule is C[C@@H](O)c1ccc(Oc2ccc(Br)cc2Br)cc1Br. The van der Waals surface area contributed by atoms with Crippen molar-refractivity contribution in [3.05, 3.63) is 55.4 Å². The maximum atomic E-state index is 9.58. The van der Waals surface area contributed by atoms with E-state index in [1.807, 2.05) is 36.4 Å². The molecule has 0 fully saturated rings. The van der Waals surface area contributed by atoms with E-state index in [-0.39, 0.29) is 0 Å². The van der Waals surface area contributed by atoms with Crippen LogP contribution < -0.4 is 4.74 Å². The Hall–Kier alpha value is -0.360. The van der Waals surface area contributed by atoms with Crippen LogP contribution in [0.2, 0.25) is 0 Å². The van der Waals surface area contributed by atoms with Crippen molar-refractivity contribution in [3.63, 3.8) is 0 Å². The monoisotopic (exact) mass is 448 g/mol. The fraction of sp³-hybridized carbons (Fsp3) is 0.143. The van der Waals surface area contributed by atoms with Crippen LogP contribution in [-0.4, -0.2) is 5.11 Å². The van der Waals surface area contributed by atoms with E-state index >= 15 is 0 Å². The minimum atomic E-state index is -0.511. The number of halogens is 3. The Morgan fingerprint density at radius 1 is 1.00 bits per heavy atom. The lowest BCUT2D eigenvalue weighted by Gasteiger charge is -2.11. The van der Waals surface area contributed by atoms with E-state index in [4.69, 9.17) is 4.74 Å². The molecule has 0 saturated carbocycles. The van der Waals surface area contributed by atoms with Crippen LogP contribution in [0.15, 0.2) is 49.8 Å². The molecule has 1 N–H and O–H groups in total. The van der Waals surface area contributed by atoms with E-state index in [1.165, 1.54) is 0 Å². The lowest BCUT2D eigenvalue weighted by molar-refractivity contribution is 0.198. The molecule has 2 nitrogen and oxygen atoms in total. The maximum absolute atomic E-state index is 9.58. The largest absolute Gasteiger partial charge is 0.456 e. The van der Waals surface area contributed by atoms with Crippen molar-refractivity contribution in [2.45, 2.75) is 13.0 Å². The first kappa shape index (κ1) is 15.0. The molecule has 2 aromatic rings. The Balaban J connectivity index is 2.26. The molecule has 19 heavy (non-hydrogen) atoms. The summed E-state index contributed by atoms with van der Waals surface area (Å²) in [5, 5.41) is 9.58. The molecule has 0 radical (unpaired) electrons. The van der Waals surface area contributed by atoms with Crippen molar-refractivity contribution in [1.29, 1.82) is 0 Å². The summed E-state index contributed by atoms with van der Waals surface area (Å²) in [5.41, 5.74) is 0.835. The zero-order valence-electron chi connectivity index (χ0n) is 10.0. The van der Waals surface area contributed by atoms with E-state index < -0.39 is 6.10 Å². The highest BCUT2D eigenvalue weighted by molar-refractivity contribution is 9.11. The number of aliphatic hydroxyl groups excluding tert-OH is 1. The van der Waals surface area contributed by atoms with Crippen LogP contribution >= 0.6 is 47.8 Å². The molecule has 0 unspecified atom stereocenters. The van der Waals surface area contributed by atoms with Gasteiger partial charge < -0.3 is 9.84 Å². The third-order valence-corrected chi connectivity index (χ3v) is 4.34. The molecule has 0 aliphatic carbocycles. The fourth-order valence-corrected chi connectivity index (χ4v) is 3.41. The number of rotatable bonds is 3. The van der Waals surface area contributed by atoms with Gasteiger partial charge in [-0.15, -0.1) is 0 Å². The van der Waals surface area contributed by atoms with Gasteiger partial charge in [-0.1, -0.05) is 37.9 Å². The van der Waals surface area contributed by atoms with Gasteiger partial charge in [-0.3, -0.25) is 0 Å². The van der Waals surface area contributed by atoms with Gasteiger partial charge in [0.25, 0.3) is 0 Å². The van der Waals surface area contributed by atoms with Gasteiger partial charge in [0, 0.05) is 8.95 Å². The first-order valence-corrected chi connectivity index (χ1v) is 7.95. The van der Waals surface area contributed by atoms with Crippen molar-refractivity contribution in [1.82, 2.24) is 0 Å². The number of ether oxygens (including phenoxy) is 1. The minimum Gasteiger partial charge on any atom is -0.456 e. The molecule has 0 amide bonds. The zero-order chi connectivity index (χ0) is 14.0. The van der Waals surface area contributed by atoms with Gasteiger partial charge >= 0.3 is 0 Å². The Labute approximate surface area is 137 Å². The van der Waals surface area contributed by atoms with Crippen LogP contribution in [0.5, 0.6) is 11.5 Å². The summed E-state index contributed by atoms with van der Waals surface area (Å²) in [5.74, 6) is 1.44. The van der Waals surface area contributed by atoms with Gasteiger partial charge in [-0.05, 0) is 58.7 Å². The highest BCUT2D eigenvalue weighted by Crippen LogP contribution is 2.34. The van der Waals surface area contributed by atoms with Gasteiger partial charge in [0.15, 0.2) is 0 Å². The topological polar surface area (TPSA) is 29.5 Å². The second-order valence-electron chi connectivity index (χ2n) is 4.04. The lowest BCUT2D eigenvalue weighted by atomic mass is 10.1. The smallest absolute Gasteiger partial charge is 0.141 e. The molecule has 0 saturated heterocycles. The zero-order valence-corrected chi connectivity index (χ0v) is 14.8. The van der Waals surface area contributed by atoms with Gasteiger partial charge in [0.05, 0.1) is 10.6 Å². The summed E-state index contributed by atoms with van der Waals surface area (Å²) >= 11 is 10.3. The molecular formula is C14H11Br3O2. The van der Waals surface area contributed by atoms with E-state index in [1.54, 1.807) is 6.92 Å². The van der Waals surface area contributed by atoms with Crippen LogP contribution in [0.3, 0.4) is 0 Å². The van der Waals surface area contributed by atoms with Gasteiger partial charge in [0.1, 0.15) is 11.5 Å². The molecule has 0 aliphatic heterocycles. The average molecular weight is 451 g/mol. The van der Waals surface area contributed by atoms with E-state index in [9.17, 15) is 5.11 Å². The molecule has 0 aromatic heterocycles. The third-order valence-electron chi connectivity index (χ3n) is 2.54. The molecular weight excluding hydrogens is 440 g/mol. The van der Waals surface area contributed by atoms with Crippen molar-refractivity contribution < 1.29 is 9.84 Å². The van der Waals surface area contributed by atoms with Gasteiger partial charge in [0.2, 0.25) is 0 Å². The molecule has 0 bridgehead atoms. The van der Waals surface area contributed by atoms with E-state index in [0.717, 1.165) is 24.7 Å². The average Bonchev–Trinajstić information content (AvgIpc) is 2.32. The first-order chi connectivity index (χ1) is 8.97. The predicted molar refractivity (Wildman–Crippen MR) is 86.7 cm³/mol. The van der Waals surface area contributed by atoms with Crippen LogP contribution in [-0.2, 0) is 0 Å². The highest BCUT2D eigenvalue weighted by atomic mass is 79.9. The van der Waals surface area contributed by atoms with Gasteiger partial charge in [-0.25, -0.2) is 0 Å². The third kappa shape index (κ3) is 3.81. The molecule has 0 aliphatic rings. The van der Waals surface area contributed by atoms with E-state index in [0.29, 0.717) is 5.75 Å². The Morgan fingerprint density at radius 2 is 1.74 bits per heavy atom. The van der Waals surface area contributed by atoms with Crippen LogP contribution in [0.4, 0.5) is 0 Å². The second kappa shape index (κ2) is 6.39. The number of hydrogen-bond acceptors (Lipinski definition) is 2. The van der Waals surface area contributed by atoms with Gasteiger partial charge in [-0.2, -0.15) is 0 Å². The van der Waals surface area contributed by atoms with Crippen molar-refractivity contribution >= 4 is 47.8 Å². The summed E-state index contributed by atoms with van der Waals surface area (Å²) in [6.45, 7) is 1.73. The first-order valence-electron chi connectivity index (χ1n) is 5.58. The molecule has 2 rings (SSSR count). The number of hydrogen-bond donors (Lipinski definition) is 1. The van der Waals surface area contributed by atoms with Crippen LogP contribution in [0.25, 0.3) is 0 Å². The molecule has 5 heteroatoms. The lowest BCUT2D eigenvalue weighted by Crippen LogP contribution is -1.93. The number of aliphatic hydroxyl groups is 1. The predicted octanol–water partition coefficient (Wildman–Crippen LogP) is 5.82. The molecule has 1 atom stereocenters. The molecule has 0 heterocycles. The summed E-state index contributed by atoms with van der Waals surface area (Å²) in [4.78, 5) is 0. The second-order valence-corrected chi connectivity index (χ2v) is 6.66. The maximum Gasteiger partial charge on any atom is 0.141 e. The van der Waals surface area contributed by atoms with Crippen molar-refractivity contribution in [3.8, 4) is 11.5 Å². The number of benzene rings is 2. The summed E-state index contributed by atoms with van der Waals surface area (Å²) in [6, 6.07) is 11.2. The fourth-order valence-electron chi connectivity index (χ4n) is 1.60. The van der Waals surface area contributed by atoms with Crippen LogP contribution in [0.1, 0.15) is 18.6 Å². The molecule has 2 aromatic carbocycles. The minimum absolute atomic E-state index is 0.511. The summed E-state index contributed by atoms with van der Waals surface area (Å²) in [7, 11) is 0. The standard InChI is InChI=1S/C14H11Br3O2/c1-8(18)11-4-3-10(7-12(11)16)19-14-5-2-9(15)6-13(14)17/h2-8,18H,1H3/t8-/m1/s1. The quantitative estimate of drug-likeness (QED) is 0.638.